The van der Waals surface area contributed by atoms with E-state index in [0.717, 1.165) is 31.3 Å². The second-order valence-corrected chi connectivity index (χ2v) is 9.81. The van der Waals surface area contributed by atoms with Gasteiger partial charge in [-0.25, -0.2) is 0 Å². The Kier molecular flexibility index (Phi) is 3.09. The Balaban J connectivity index is 1.88. The monoisotopic (exact) mass is 318 g/mol. The van der Waals surface area contributed by atoms with Crippen molar-refractivity contribution in [3.05, 3.63) is 12.2 Å². The molecule has 3 nitrogen and oxygen atoms in total. The van der Waals surface area contributed by atoms with Gasteiger partial charge in [0, 0.05) is 17.8 Å². The summed E-state index contributed by atoms with van der Waals surface area (Å²) in [5.41, 5.74) is 0.221. The molecule has 0 aromatic heterocycles. The van der Waals surface area contributed by atoms with Crippen molar-refractivity contribution in [1.82, 2.24) is 0 Å². The van der Waals surface area contributed by atoms with Crippen LogP contribution in [-0.4, -0.2) is 28.2 Å². The van der Waals surface area contributed by atoms with E-state index in [2.05, 4.69) is 27.4 Å². The molecule has 0 unspecified atom stereocenters. The summed E-state index contributed by atoms with van der Waals surface area (Å²) in [6, 6.07) is 0. The Labute approximate surface area is 139 Å². The molecule has 0 amide bonds. The number of aliphatic hydroxyl groups excluding tert-OH is 2. The number of Topliss-reactive ketones (excluding diaryl/α,β-unsaturated/α-hetero) is 1. The minimum Gasteiger partial charge on any atom is -0.393 e. The number of hydrogen-bond donors (Lipinski definition) is 2. The zero-order chi connectivity index (χ0) is 16.8. The molecule has 0 aliphatic heterocycles. The van der Waals surface area contributed by atoms with E-state index in [1.54, 1.807) is 0 Å². The third kappa shape index (κ3) is 1.76. The van der Waals surface area contributed by atoms with Crippen molar-refractivity contribution in [1.29, 1.82) is 0 Å². The molecule has 0 radical (unpaired) electrons. The first-order valence-electron chi connectivity index (χ1n) is 9.21. The summed E-state index contributed by atoms with van der Waals surface area (Å²) in [5.74, 6) is 0.461. The molecule has 2 N–H and O–H groups in total. The van der Waals surface area contributed by atoms with Gasteiger partial charge in [0.1, 0.15) is 5.78 Å². The first kappa shape index (κ1) is 15.8. The lowest BCUT2D eigenvalue weighted by Crippen LogP contribution is -2.65. The van der Waals surface area contributed by atoms with E-state index in [4.69, 9.17) is 0 Å². The van der Waals surface area contributed by atoms with Crippen molar-refractivity contribution in [2.24, 2.45) is 34.0 Å². The maximum Gasteiger partial charge on any atom is 0.137 e. The van der Waals surface area contributed by atoms with Crippen LogP contribution in [-0.2, 0) is 4.79 Å². The standard InChI is InChI=1S/C20H30O3/c1-11-12-8-13(21)16-19(4)7-5-6-18(2,3)15(19)14(22)10-20(16,9-12)17(11)23/h12,14-17,22-23H,1,5-10H2,2-4H3/t12-,14+,15-,16+,17-,19-,20+/m1/s1. The van der Waals surface area contributed by atoms with Crippen LogP contribution in [0.3, 0.4) is 0 Å². The second-order valence-electron chi connectivity index (χ2n) is 9.81. The molecule has 4 aliphatic rings. The van der Waals surface area contributed by atoms with Gasteiger partial charge in [-0.1, -0.05) is 33.8 Å². The van der Waals surface area contributed by atoms with Gasteiger partial charge in [-0.05, 0) is 53.9 Å². The van der Waals surface area contributed by atoms with Crippen molar-refractivity contribution in [2.45, 2.75) is 71.5 Å². The quantitative estimate of drug-likeness (QED) is 0.675. The smallest absolute Gasteiger partial charge is 0.137 e. The van der Waals surface area contributed by atoms with Crippen molar-refractivity contribution >= 4 is 5.78 Å². The molecule has 0 aromatic rings. The molecular weight excluding hydrogens is 288 g/mol. The Morgan fingerprint density at radius 3 is 2.52 bits per heavy atom. The lowest BCUT2D eigenvalue weighted by atomic mass is 9.40. The highest BCUT2D eigenvalue weighted by Crippen LogP contribution is 2.71. The number of rotatable bonds is 0. The summed E-state index contributed by atoms with van der Waals surface area (Å²) in [5, 5.41) is 22.1. The highest BCUT2D eigenvalue weighted by molar-refractivity contribution is 5.85. The third-order valence-corrected chi connectivity index (χ3v) is 8.11. The van der Waals surface area contributed by atoms with Gasteiger partial charge in [-0.3, -0.25) is 4.79 Å². The van der Waals surface area contributed by atoms with Crippen LogP contribution in [0.15, 0.2) is 12.2 Å². The number of ketones is 1. The number of aliphatic hydroxyl groups is 2. The number of carbonyl (C=O) groups excluding carboxylic acids is 1. The summed E-state index contributed by atoms with van der Waals surface area (Å²) in [6.07, 6.45) is 4.08. The molecule has 0 heterocycles. The summed E-state index contributed by atoms with van der Waals surface area (Å²) < 4.78 is 0. The summed E-state index contributed by atoms with van der Waals surface area (Å²) in [4.78, 5) is 13.1. The topological polar surface area (TPSA) is 57.5 Å². The molecule has 0 saturated heterocycles. The highest BCUT2D eigenvalue weighted by Gasteiger charge is 2.70. The number of fused-ring (bicyclic) bond motifs is 3. The van der Waals surface area contributed by atoms with E-state index >= 15 is 0 Å². The molecule has 4 rings (SSSR count). The van der Waals surface area contributed by atoms with E-state index in [1.165, 1.54) is 0 Å². The van der Waals surface area contributed by atoms with Crippen molar-refractivity contribution in [2.75, 3.05) is 0 Å². The zero-order valence-corrected chi connectivity index (χ0v) is 14.6. The minimum atomic E-state index is -0.624. The normalized spacial score (nSPS) is 54.6. The fraction of sp³-hybridized carbons (Fsp3) is 0.850. The minimum absolute atomic E-state index is 0.0473. The van der Waals surface area contributed by atoms with Crippen molar-refractivity contribution < 1.29 is 15.0 Å². The summed E-state index contributed by atoms with van der Waals surface area (Å²) in [6.45, 7) is 10.8. The van der Waals surface area contributed by atoms with Crippen molar-refractivity contribution in [3.63, 3.8) is 0 Å². The molecule has 2 bridgehead atoms. The van der Waals surface area contributed by atoms with E-state index in [9.17, 15) is 15.0 Å². The largest absolute Gasteiger partial charge is 0.393 e. The molecule has 1 spiro atoms. The van der Waals surface area contributed by atoms with E-state index in [0.29, 0.717) is 18.6 Å². The summed E-state index contributed by atoms with van der Waals surface area (Å²) in [7, 11) is 0. The molecule has 7 atom stereocenters. The fourth-order valence-electron chi connectivity index (χ4n) is 7.71. The molecule has 3 heteroatoms. The maximum absolute atomic E-state index is 13.1. The van der Waals surface area contributed by atoms with Gasteiger partial charge in [0.05, 0.1) is 12.2 Å². The zero-order valence-electron chi connectivity index (χ0n) is 14.6. The Hall–Kier alpha value is -0.670. The van der Waals surface area contributed by atoms with Crippen LogP contribution in [0.1, 0.15) is 59.3 Å². The van der Waals surface area contributed by atoms with Crippen LogP contribution in [0.2, 0.25) is 0 Å². The molecule has 4 aliphatic carbocycles. The predicted molar refractivity (Wildman–Crippen MR) is 88.7 cm³/mol. The average molecular weight is 318 g/mol. The SMILES string of the molecule is C=C1[C@@H]2CC(=O)[C@H]3[C@]4(C)CCCC(C)(C)[C@H]4[C@@H](O)C[C@]3(C2)[C@@H]1O. The van der Waals surface area contributed by atoms with Gasteiger partial charge in [0.15, 0.2) is 0 Å². The molecule has 0 aromatic carbocycles. The number of hydrogen-bond acceptors (Lipinski definition) is 3. The van der Waals surface area contributed by atoms with E-state index in [-0.39, 0.29) is 28.6 Å². The lowest BCUT2D eigenvalue weighted by Gasteiger charge is -2.64. The Morgan fingerprint density at radius 2 is 1.83 bits per heavy atom. The summed E-state index contributed by atoms with van der Waals surface area (Å²) >= 11 is 0. The van der Waals surface area contributed by atoms with Gasteiger partial charge < -0.3 is 10.2 Å². The van der Waals surface area contributed by atoms with Crippen LogP contribution in [0.5, 0.6) is 0 Å². The van der Waals surface area contributed by atoms with Gasteiger partial charge in [-0.15, -0.1) is 0 Å². The van der Waals surface area contributed by atoms with Gasteiger partial charge in [0.25, 0.3) is 0 Å². The van der Waals surface area contributed by atoms with Gasteiger partial charge >= 0.3 is 0 Å². The van der Waals surface area contributed by atoms with Crippen LogP contribution in [0, 0.1) is 34.0 Å². The van der Waals surface area contributed by atoms with Gasteiger partial charge in [0.2, 0.25) is 0 Å². The van der Waals surface area contributed by atoms with Crippen LogP contribution >= 0.6 is 0 Å². The molecule has 128 valence electrons. The molecule has 4 fully saturated rings. The van der Waals surface area contributed by atoms with Crippen LogP contribution in [0.4, 0.5) is 0 Å². The average Bonchev–Trinajstić information content (AvgIpc) is 2.58. The van der Waals surface area contributed by atoms with Crippen LogP contribution < -0.4 is 0 Å². The predicted octanol–water partition coefficient (Wildman–Crippen LogP) is 3.10. The van der Waals surface area contributed by atoms with E-state index in [1.807, 2.05) is 0 Å². The van der Waals surface area contributed by atoms with E-state index < -0.39 is 17.6 Å². The third-order valence-electron chi connectivity index (χ3n) is 8.11. The Morgan fingerprint density at radius 1 is 1.13 bits per heavy atom. The first-order chi connectivity index (χ1) is 10.6. The fourth-order valence-corrected chi connectivity index (χ4v) is 7.71. The molecule has 23 heavy (non-hydrogen) atoms. The Bertz CT molecular complexity index is 579. The van der Waals surface area contributed by atoms with Crippen LogP contribution in [0.25, 0.3) is 0 Å². The van der Waals surface area contributed by atoms with Crippen molar-refractivity contribution in [3.8, 4) is 0 Å². The lowest BCUT2D eigenvalue weighted by molar-refractivity contribution is -0.210. The van der Waals surface area contributed by atoms with Gasteiger partial charge in [-0.2, -0.15) is 0 Å². The molecule has 4 saturated carbocycles. The molecular formula is C20H30O3. The first-order valence-corrected chi connectivity index (χ1v) is 9.21. The second kappa shape index (κ2) is 4.49. The highest BCUT2D eigenvalue weighted by atomic mass is 16.3. The number of carbonyl (C=O) groups is 1. The maximum atomic E-state index is 13.1.